The molecule has 1 aromatic heterocycles. The molecule has 1 aliphatic carbocycles. The number of nitrogens with zero attached hydrogens (tertiary/aromatic N) is 2. The molecule has 0 amide bonds. The SMILES string of the molecule is O=C1CCCC1C1CCCN1S(=O)(=O)c1ncccc1F. The van der Waals surface area contributed by atoms with Crippen LogP contribution in [0.1, 0.15) is 32.1 Å². The predicted molar refractivity (Wildman–Crippen MR) is 73.5 cm³/mol. The fraction of sp³-hybridized carbons (Fsp3) is 0.571. The van der Waals surface area contributed by atoms with E-state index in [0.717, 1.165) is 18.9 Å². The third-order valence-electron chi connectivity index (χ3n) is 4.34. The monoisotopic (exact) mass is 312 g/mol. The van der Waals surface area contributed by atoms with Gasteiger partial charge in [-0.3, -0.25) is 4.79 Å². The molecule has 1 aromatic rings. The molecule has 1 saturated carbocycles. The minimum Gasteiger partial charge on any atom is -0.299 e. The van der Waals surface area contributed by atoms with E-state index in [9.17, 15) is 17.6 Å². The van der Waals surface area contributed by atoms with Crippen LogP contribution in [0.3, 0.4) is 0 Å². The minimum atomic E-state index is -3.98. The second-order valence-electron chi connectivity index (χ2n) is 5.58. The Hall–Kier alpha value is -1.34. The molecule has 2 unspecified atom stereocenters. The number of ketones is 1. The highest BCUT2D eigenvalue weighted by Gasteiger charge is 2.44. The topological polar surface area (TPSA) is 67.3 Å². The zero-order chi connectivity index (χ0) is 15.0. The number of carbonyl (C=O) groups is 1. The van der Waals surface area contributed by atoms with Crippen LogP contribution in [0.15, 0.2) is 23.4 Å². The molecule has 2 fully saturated rings. The average Bonchev–Trinajstić information content (AvgIpc) is 3.07. The number of aromatic nitrogens is 1. The van der Waals surface area contributed by atoms with Gasteiger partial charge in [-0.1, -0.05) is 0 Å². The van der Waals surface area contributed by atoms with E-state index in [1.807, 2.05) is 0 Å². The Morgan fingerprint density at radius 2 is 2.10 bits per heavy atom. The van der Waals surface area contributed by atoms with E-state index < -0.39 is 20.9 Å². The normalized spacial score (nSPS) is 27.4. The molecule has 1 saturated heterocycles. The molecule has 2 atom stereocenters. The number of hydrogen-bond donors (Lipinski definition) is 0. The van der Waals surface area contributed by atoms with Crippen molar-refractivity contribution in [3.63, 3.8) is 0 Å². The molecule has 2 heterocycles. The standard InChI is InChI=1S/C14H17FN2O3S/c15-11-5-2-8-16-14(11)21(19,20)17-9-3-6-12(17)10-4-1-7-13(10)18/h2,5,8,10,12H,1,3-4,6-7,9H2. The fourth-order valence-corrected chi connectivity index (χ4v) is 5.10. The third kappa shape index (κ3) is 2.48. The van der Waals surface area contributed by atoms with E-state index >= 15 is 0 Å². The maximum absolute atomic E-state index is 13.8. The second kappa shape index (κ2) is 5.46. The summed E-state index contributed by atoms with van der Waals surface area (Å²) in [6.45, 7) is 0.326. The van der Waals surface area contributed by atoms with Crippen LogP contribution in [0.5, 0.6) is 0 Å². The van der Waals surface area contributed by atoms with Gasteiger partial charge < -0.3 is 0 Å². The maximum Gasteiger partial charge on any atom is 0.263 e. The Bertz CT molecular complexity index is 662. The van der Waals surface area contributed by atoms with Gasteiger partial charge in [-0.05, 0) is 37.8 Å². The molecule has 21 heavy (non-hydrogen) atoms. The molecular weight excluding hydrogens is 295 g/mol. The van der Waals surface area contributed by atoms with Crippen molar-refractivity contribution in [2.75, 3.05) is 6.54 Å². The Labute approximate surface area is 123 Å². The lowest BCUT2D eigenvalue weighted by atomic mass is 9.96. The van der Waals surface area contributed by atoms with Gasteiger partial charge in [0.05, 0.1) is 0 Å². The maximum atomic E-state index is 13.8. The van der Waals surface area contributed by atoms with Gasteiger partial charge >= 0.3 is 0 Å². The fourth-order valence-electron chi connectivity index (χ4n) is 3.39. The van der Waals surface area contributed by atoms with Crippen molar-refractivity contribution in [2.45, 2.75) is 43.2 Å². The van der Waals surface area contributed by atoms with Gasteiger partial charge in [0.1, 0.15) is 5.78 Å². The summed E-state index contributed by atoms with van der Waals surface area (Å²) in [6.07, 6.45) is 4.67. The van der Waals surface area contributed by atoms with E-state index in [0.29, 0.717) is 25.8 Å². The number of sulfonamides is 1. The summed E-state index contributed by atoms with van der Waals surface area (Å²) in [5, 5.41) is -0.539. The molecule has 3 rings (SSSR count). The molecule has 0 radical (unpaired) electrons. The number of pyridine rings is 1. The van der Waals surface area contributed by atoms with E-state index in [-0.39, 0.29) is 17.7 Å². The molecule has 0 bridgehead atoms. The van der Waals surface area contributed by atoms with Crippen molar-refractivity contribution < 1.29 is 17.6 Å². The molecule has 0 aromatic carbocycles. The quantitative estimate of drug-likeness (QED) is 0.852. The molecule has 114 valence electrons. The first-order valence-electron chi connectivity index (χ1n) is 7.17. The van der Waals surface area contributed by atoms with Gasteiger partial charge in [0, 0.05) is 31.1 Å². The predicted octanol–water partition coefficient (Wildman–Crippen LogP) is 1.74. The highest BCUT2D eigenvalue weighted by atomic mass is 32.2. The Kier molecular flexibility index (Phi) is 3.79. The van der Waals surface area contributed by atoms with Gasteiger partial charge in [0.2, 0.25) is 5.03 Å². The van der Waals surface area contributed by atoms with Crippen molar-refractivity contribution in [2.24, 2.45) is 5.92 Å². The number of carbonyl (C=O) groups excluding carboxylic acids is 1. The van der Waals surface area contributed by atoms with Crippen LogP contribution in [0, 0.1) is 11.7 Å². The van der Waals surface area contributed by atoms with Gasteiger partial charge in [-0.15, -0.1) is 0 Å². The summed E-state index contributed by atoms with van der Waals surface area (Å²) >= 11 is 0. The average molecular weight is 312 g/mol. The van der Waals surface area contributed by atoms with E-state index in [2.05, 4.69) is 4.98 Å². The van der Waals surface area contributed by atoms with Gasteiger partial charge in [0.25, 0.3) is 10.0 Å². The van der Waals surface area contributed by atoms with E-state index in [1.165, 1.54) is 16.6 Å². The van der Waals surface area contributed by atoms with Crippen LogP contribution in [-0.2, 0) is 14.8 Å². The van der Waals surface area contributed by atoms with Crippen LogP contribution in [0.2, 0.25) is 0 Å². The Morgan fingerprint density at radius 1 is 1.29 bits per heavy atom. The van der Waals surface area contributed by atoms with Crippen LogP contribution < -0.4 is 0 Å². The Morgan fingerprint density at radius 3 is 2.76 bits per heavy atom. The minimum absolute atomic E-state index is 0.128. The van der Waals surface area contributed by atoms with Gasteiger partial charge in [-0.2, -0.15) is 4.31 Å². The Balaban J connectivity index is 1.95. The summed E-state index contributed by atoms with van der Waals surface area (Å²) in [7, 11) is -3.98. The van der Waals surface area contributed by atoms with Crippen LogP contribution >= 0.6 is 0 Å². The zero-order valence-electron chi connectivity index (χ0n) is 11.5. The van der Waals surface area contributed by atoms with Crippen molar-refractivity contribution >= 4 is 15.8 Å². The van der Waals surface area contributed by atoms with Crippen molar-refractivity contribution in [1.82, 2.24) is 9.29 Å². The van der Waals surface area contributed by atoms with E-state index in [4.69, 9.17) is 0 Å². The highest BCUT2D eigenvalue weighted by Crippen LogP contribution is 2.36. The number of hydrogen-bond acceptors (Lipinski definition) is 4. The van der Waals surface area contributed by atoms with Gasteiger partial charge in [-0.25, -0.2) is 17.8 Å². The molecule has 0 spiro atoms. The van der Waals surface area contributed by atoms with Crippen molar-refractivity contribution in [3.8, 4) is 0 Å². The number of Topliss-reactive ketones (excluding diaryl/α,β-unsaturated/α-hetero) is 1. The summed E-state index contributed by atoms with van der Waals surface area (Å²) < 4.78 is 40.4. The lowest BCUT2D eigenvalue weighted by Crippen LogP contribution is -2.41. The molecular formula is C14H17FN2O3S. The summed E-state index contributed by atoms with van der Waals surface area (Å²) in [5.41, 5.74) is 0. The first-order valence-corrected chi connectivity index (χ1v) is 8.61. The third-order valence-corrected chi connectivity index (χ3v) is 6.20. The largest absolute Gasteiger partial charge is 0.299 e. The van der Waals surface area contributed by atoms with Crippen molar-refractivity contribution in [3.05, 3.63) is 24.1 Å². The molecule has 0 N–H and O–H groups in total. The summed E-state index contributed by atoms with van der Waals surface area (Å²) in [5.74, 6) is -0.960. The number of halogens is 1. The highest BCUT2D eigenvalue weighted by molar-refractivity contribution is 7.89. The van der Waals surface area contributed by atoms with E-state index in [1.54, 1.807) is 0 Å². The lowest BCUT2D eigenvalue weighted by molar-refractivity contribution is -0.121. The smallest absolute Gasteiger partial charge is 0.263 e. The first-order chi connectivity index (χ1) is 10.0. The van der Waals surface area contributed by atoms with Crippen molar-refractivity contribution in [1.29, 1.82) is 0 Å². The van der Waals surface area contributed by atoms with Crippen LogP contribution in [-0.4, -0.2) is 36.1 Å². The zero-order valence-corrected chi connectivity index (χ0v) is 12.4. The van der Waals surface area contributed by atoms with Crippen LogP contribution in [0.4, 0.5) is 4.39 Å². The van der Waals surface area contributed by atoms with Crippen LogP contribution in [0.25, 0.3) is 0 Å². The van der Waals surface area contributed by atoms with Gasteiger partial charge in [0.15, 0.2) is 5.82 Å². The molecule has 2 aliphatic rings. The molecule has 7 heteroatoms. The lowest BCUT2D eigenvalue weighted by Gasteiger charge is -2.27. The summed E-state index contributed by atoms with van der Waals surface area (Å²) in [6, 6.07) is 2.11. The first kappa shape index (κ1) is 14.6. The summed E-state index contributed by atoms with van der Waals surface area (Å²) in [4.78, 5) is 15.6. The molecule has 1 aliphatic heterocycles. The second-order valence-corrected chi connectivity index (χ2v) is 7.39. The number of rotatable bonds is 3. The molecule has 5 nitrogen and oxygen atoms in total.